The van der Waals surface area contributed by atoms with Gasteiger partial charge in [0.2, 0.25) is 11.8 Å². The van der Waals surface area contributed by atoms with Crippen molar-refractivity contribution in [2.24, 2.45) is 11.8 Å². The van der Waals surface area contributed by atoms with E-state index in [1.807, 2.05) is 37.3 Å². The second kappa shape index (κ2) is 6.50. The Bertz CT molecular complexity index is 1030. The molecule has 0 aromatic heterocycles. The Morgan fingerprint density at radius 1 is 1.00 bits per heavy atom. The van der Waals surface area contributed by atoms with Crippen LogP contribution in [0.1, 0.15) is 12.5 Å². The highest BCUT2D eigenvalue weighted by molar-refractivity contribution is 9.09. The number of nitrogens with one attached hydrogen (secondary N) is 1. The maximum absolute atomic E-state index is 13.7. The Balaban J connectivity index is 1.67. The molecule has 0 saturated carbocycles. The van der Waals surface area contributed by atoms with E-state index in [4.69, 9.17) is 0 Å². The number of alkyl halides is 1. The minimum atomic E-state index is -1.21. The smallest absolute Gasteiger partial charge is 0.252 e. The van der Waals surface area contributed by atoms with Crippen LogP contribution < -0.4 is 15.1 Å². The first kappa shape index (κ1) is 18.5. The molecule has 6 nitrogen and oxygen atoms in total. The van der Waals surface area contributed by atoms with Crippen molar-refractivity contribution in [1.29, 1.82) is 0 Å². The predicted octanol–water partition coefficient (Wildman–Crippen LogP) is 2.42. The molecule has 5 rings (SSSR count). The maximum Gasteiger partial charge on any atom is 0.252 e. The Kier molecular flexibility index (Phi) is 4.15. The van der Waals surface area contributed by atoms with Crippen LogP contribution in [0.25, 0.3) is 0 Å². The largest absolute Gasteiger partial charge is 0.309 e. The second-order valence-corrected chi connectivity index (χ2v) is 8.55. The first-order valence-corrected chi connectivity index (χ1v) is 10.8. The topological polar surface area (TPSA) is 69.7 Å². The molecule has 1 spiro atoms. The summed E-state index contributed by atoms with van der Waals surface area (Å²) in [7, 11) is 0. The van der Waals surface area contributed by atoms with Crippen molar-refractivity contribution in [2.75, 3.05) is 21.7 Å². The number of rotatable bonds is 3. The molecule has 0 radical (unpaired) electrons. The zero-order chi connectivity index (χ0) is 20.3. The van der Waals surface area contributed by atoms with Crippen molar-refractivity contribution >= 4 is 45.0 Å². The molecule has 3 aliphatic heterocycles. The molecule has 3 heterocycles. The summed E-state index contributed by atoms with van der Waals surface area (Å²) in [4.78, 5) is 43.6. The van der Waals surface area contributed by atoms with Gasteiger partial charge in [0, 0.05) is 29.2 Å². The van der Waals surface area contributed by atoms with E-state index >= 15 is 0 Å². The van der Waals surface area contributed by atoms with Gasteiger partial charge >= 0.3 is 0 Å². The van der Waals surface area contributed by atoms with Crippen LogP contribution in [-0.4, -0.2) is 35.6 Å². The van der Waals surface area contributed by atoms with Crippen LogP contribution in [-0.2, 0) is 19.9 Å². The normalized spacial score (nSPS) is 30.4. The second-order valence-electron chi connectivity index (χ2n) is 7.75. The van der Waals surface area contributed by atoms with Crippen molar-refractivity contribution in [3.63, 3.8) is 0 Å². The molecule has 2 fully saturated rings. The van der Waals surface area contributed by atoms with E-state index in [9.17, 15) is 14.4 Å². The lowest BCUT2D eigenvalue weighted by Crippen LogP contribution is -2.55. The highest BCUT2D eigenvalue weighted by atomic mass is 79.9. The van der Waals surface area contributed by atoms with E-state index in [0.717, 1.165) is 11.3 Å². The highest BCUT2D eigenvalue weighted by Gasteiger charge is 2.70. The third-order valence-electron chi connectivity index (χ3n) is 6.34. The van der Waals surface area contributed by atoms with E-state index in [2.05, 4.69) is 21.2 Å². The number of carbonyl (C=O) groups excluding carboxylic acids is 3. The number of hydrogen-bond donors (Lipinski definition) is 1. The molecule has 2 saturated heterocycles. The summed E-state index contributed by atoms with van der Waals surface area (Å²) in [5.74, 6) is -2.06. The summed E-state index contributed by atoms with van der Waals surface area (Å²) in [5.41, 5.74) is 0.923. The van der Waals surface area contributed by atoms with Gasteiger partial charge in [-0.2, -0.15) is 0 Å². The van der Waals surface area contributed by atoms with Gasteiger partial charge in [-0.3, -0.25) is 19.7 Å². The van der Waals surface area contributed by atoms with Crippen molar-refractivity contribution in [3.8, 4) is 0 Å². The molecule has 0 unspecified atom stereocenters. The van der Waals surface area contributed by atoms with Gasteiger partial charge in [-0.1, -0.05) is 52.3 Å². The number of halogens is 1. The molecule has 0 bridgehead atoms. The number of benzene rings is 2. The van der Waals surface area contributed by atoms with Crippen molar-refractivity contribution in [3.05, 3.63) is 60.2 Å². The number of nitrogens with zero attached hydrogens (tertiary/aromatic N) is 2. The molecule has 2 aromatic rings. The van der Waals surface area contributed by atoms with Gasteiger partial charge < -0.3 is 4.90 Å². The van der Waals surface area contributed by atoms with Gasteiger partial charge in [0.15, 0.2) is 0 Å². The fourth-order valence-electron chi connectivity index (χ4n) is 5.25. The Labute approximate surface area is 177 Å². The zero-order valence-electron chi connectivity index (χ0n) is 15.8. The van der Waals surface area contributed by atoms with E-state index in [0.29, 0.717) is 17.6 Å². The summed E-state index contributed by atoms with van der Waals surface area (Å²) in [6, 6.07) is 16.2. The number of hydrogen-bond acceptors (Lipinski definition) is 4. The molecule has 3 amide bonds. The van der Waals surface area contributed by atoms with Crippen LogP contribution in [0.15, 0.2) is 54.6 Å². The fourth-order valence-corrected chi connectivity index (χ4v) is 5.60. The summed E-state index contributed by atoms with van der Waals surface area (Å²) in [6.45, 7) is 2.38. The molecular formula is C22H20BrN3O3. The van der Waals surface area contributed by atoms with Crippen LogP contribution in [0.2, 0.25) is 0 Å². The van der Waals surface area contributed by atoms with Gasteiger partial charge in [-0.25, -0.2) is 4.90 Å². The standard InChI is InChI=1S/C22H20BrN3O3/c1-13-17-18(20(28)26(19(17)27)14-7-3-2-4-8-14)22(24-13)15-9-5-6-10-16(15)25(12-11-23)21(22)29/h2-10,13,17-18,24H,11-12H2,1H3/t13-,17-,18+,22-/m0/s1. The van der Waals surface area contributed by atoms with Crippen molar-refractivity contribution < 1.29 is 14.4 Å². The first-order valence-electron chi connectivity index (χ1n) is 9.70. The minimum Gasteiger partial charge on any atom is -0.309 e. The summed E-state index contributed by atoms with van der Waals surface area (Å²) in [6.07, 6.45) is 0. The van der Waals surface area contributed by atoms with Crippen molar-refractivity contribution in [1.82, 2.24) is 5.32 Å². The van der Waals surface area contributed by atoms with Gasteiger partial charge in [-0.15, -0.1) is 0 Å². The molecule has 0 aliphatic carbocycles. The molecule has 3 aliphatic rings. The van der Waals surface area contributed by atoms with E-state index in [-0.39, 0.29) is 23.8 Å². The van der Waals surface area contributed by atoms with Crippen LogP contribution in [0.5, 0.6) is 0 Å². The molecular weight excluding hydrogens is 434 g/mol. The third kappa shape index (κ3) is 2.28. The number of amides is 3. The first-order chi connectivity index (χ1) is 14.0. The maximum atomic E-state index is 13.7. The van der Waals surface area contributed by atoms with E-state index in [1.165, 1.54) is 4.90 Å². The quantitative estimate of drug-likeness (QED) is 0.572. The van der Waals surface area contributed by atoms with Crippen molar-refractivity contribution in [2.45, 2.75) is 18.5 Å². The van der Waals surface area contributed by atoms with Gasteiger partial charge in [-0.05, 0) is 25.1 Å². The van der Waals surface area contributed by atoms with Gasteiger partial charge in [0.25, 0.3) is 5.91 Å². The lowest BCUT2D eigenvalue weighted by Gasteiger charge is -2.30. The van der Waals surface area contributed by atoms with Crippen LogP contribution in [0, 0.1) is 11.8 Å². The Morgan fingerprint density at radius 3 is 2.41 bits per heavy atom. The van der Waals surface area contributed by atoms with E-state index in [1.54, 1.807) is 29.2 Å². The van der Waals surface area contributed by atoms with Gasteiger partial charge in [0.1, 0.15) is 5.54 Å². The Hall–Kier alpha value is -2.51. The molecule has 1 N–H and O–H groups in total. The molecule has 148 valence electrons. The van der Waals surface area contributed by atoms with Crippen LogP contribution in [0.4, 0.5) is 11.4 Å². The molecule has 29 heavy (non-hydrogen) atoms. The number of anilines is 2. The van der Waals surface area contributed by atoms with Crippen LogP contribution in [0.3, 0.4) is 0 Å². The van der Waals surface area contributed by atoms with Crippen LogP contribution >= 0.6 is 15.9 Å². The number of para-hydroxylation sites is 2. The molecule has 7 heteroatoms. The number of carbonyl (C=O) groups is 3. The summed E-state index contributed by atoms with van der Waals surface area (Å²) < 4.78 is 0. The zero-order valence-corrected chi connectivity index (χ0v) is 17.4. The average molecular weight is 454 g/mol. The predicted molar refractivity (Wildman–Crippen MR) is 113 cm³/mol. The lowest BCUT2D eigenvalue weighted by molar-refractivity contribution is -0.132. The van der Waals surface area contributed by atoms with Gasteiger partial charge in [0.05, 0.1) is 17.5 Å². The minimum absolute atomic E-state index is 0.159. The molecule has 4 atom stereocenters. The number of fused-ring (bicyclic) bond motifs is 4. The Morgan fingerprint density at radius 2 is 1.69 bits per heavy atom. The lowest BCUT2D eigenvalue weighted by atomic mass is 9.76. The SMILES string of the molecule is C[C@@H]1N[C@]2(C(=O)N(CCBr)c3ccccc32)[C@H]2C(=O)N(c3ccccc3)C(=O)[C@@H]12. The monoisotopic (exact) mass is 453 g/mol. The third-order valence-corrected chi connectivity index (χ3v) is 6.69. The average Bonchev–Trinajstić information content (AvgIpc) is 3.27. The van der Waals surface area contributed by atoms with E-state index < -0.39 is 17.4 Å². The summed E-state index contributed by atoms with van der Waals surface area (Å²) >= 11 is 3.42. The molecule has 2 aromatic carbocycles. The number of imide groups is 1. The fraction of sp³-hybridized carbons (Fsp3) is 0.318. The highest BCUT2D eigenvalue weighted by Crippen LogP contribution is 2.54. The summed E-state index contributed by atoms with van der Waals surface area (Å²) in [5, 5.41) is 4.00.